The Morgan fingerprint density at radius 1 is 1.21 bits per heavy atom. The summed E-state index contributed by atoms with van der Waals surface area (Å²) in [5, 5.41) is 16.2. The van der Waals surface area contributed by atoms with Gasteiger partial charge in [-0.05, 0) is 22.6 Å². The van der Waals surface area contributed by atoms with E-state index in [-0.39, 0.29) is 5.91 Å². The van der Waals surface area contributed by atoms with E-state index in [0.29, 0.717) is 13.1 Å². The number of hydrogen-bond acceptors (Lipinski definition) is 3. The van der Waals surface area contributed by atoms with Crippen molar-refractivity contribution in [2.45, 2.75) is 26.9 Å². The third-order valence-corrected chi connectivity index (χ3v) is 4.77. The fraction of sp³-hybridized carbons (Fsp3) is 0.389. The molecule has 24 heavy (non-hydrogen) atoms. The summed E-state index contributed by atoms with van der Waals surface area (Å²) in [7, 11) is 0. The summed E-state index contributed by atoms with van der Waals surface area (Å²) in [6, 6.07) is 9.82. The molecule has 1 heterocycles. The fourth-order valence-electron chi connectivity index (χ4n) is 3.23. The maximum atomic E-state index is 12.2. The van der Waals surface area contributed by atoms with Crippen LogP contribution in [0, 0.1) is 17.3 Å². The highest BCUT2D eigenvalue weighted by Gasteiger charge is 2.65. The van der Waals surface area contributed by atoms with Crippen LogP contribution in [0.15, 0.2) is 42.7 Å². The van der Waals surface area contributed by atoms with Crippen LogP contribution in [0.4, 0.5) is 0 Å². The van der Waals surface area contributed by atoms with Crippen molar-refractivity contribution >= 4 is 11.9 Å². The van der Waals surface area contributed by atoms with Crippen molar-refractivity contribution in [3.63, 3.8) is 0 Å². The Morgan fingerprint density at radius 2 is 1.88 bits per heavy atom. The van der Waals surface area contributed by atoms with Gasteiger partial charge in [-0.25, -0.2) is 0 Å². The van der Waals surface area contributed by atoms with Gasteiger partial charge < -0.3 is 10.4 Å². The zero-order chi connectivity index (χ0) is 17.3. The van der Waals surface area contributed by atoms with E-state index in [9.17, 15) is 9.59 Å². The zero-order valence-electron chi connectivity index (χ0n) is 13.8. The quantitative estimate of drug-likeness (QED) is 0.849. The normalized spacial score (nSPS) is 21.2. The number of carboxylic acid groups (broad SMARTS) is 1. The molecule has 6 nitrogen and oxygen atoms in total. The molecule has 0 aliphatic heterocycles. The van der Waals surface area contributed by atoms with Crippen molar-refractivity contribution in [3.8, 4) is 0 Å². The molecule has 1 aromatic carbocycles. The number of amides is 1. The number of aliphatic carboxylic acids is 1. The highest BCUT2D eigenvalue weighted by molar-refractivity contribution is 5.91. The van der Waals surface area contributed by atoms with Crippen molar-refractivity contribution in [2.24, 2.45) is 17.3 Å². The van der Waals surface area contributed by atoms with Gasteiger partial charge in [0.1, 0.15) is 0 Å². The molecule has 1 aliphatic carbocycles. The number of benzene rings is 1. The number of carbonyl (C=O) groups excluding carboxylic acids is 1. The van der Waals surface area contributed by atoms with Crippen molar-refractivity contribution < 1.29 is 14.7 Å². The van der Waals surface area contributed by atoms with Crippen LogP contribution in [0.1, 0.15) is 25.0 Å². The Hall–Kier alpha value is -2.63. The minimum absolute atomic E-state index is 0.187. The summed E-state index contributed by atoms with van der Waals surface area (Å²) in [5.41, 5.74) is 1.64. The summed E-state index contributed by atoms with van der Waals surface area (Å²) in [6.07, 6.45) is 3.65. The second-order valence-electron chi connectivity index (χ2n) is 6.85. The predicted molar refractivity (Wildman–Crippen MR) is 88.0 cm³/mol. The van der Waals surface area contributed by atoms with Gasteiger partial charge in [0.05, 0.1) is 18.4 Å². The molecule has 0 unspecified atom stereocenters. The second kappa shape index (κ2) is 6.11. The number of nitrogens with one attached hydrogen (secondary N) is 1. The van der Waals surface area contributed by atoms with Gasteiger partial charge in [-0.15, -0.1) is 0 Å². The van der Waals surface area contributed by atoms with Crippen molar-refractivity contribution in [3.05, 3.63) is 53.9 Å². The van der Waals surface area contributed by atoms with Crippen LogP contribution in [0.5, 0.6) is 0 Å². The Morgan fingerprint density at radius 3 is 2.42 bits per heavy atom. The zero-order valence-corrected chi connectivity index (χ0v) is 13.8. The lowest BCUT2D eigenvalue weighted by molar-refractivity contribution is -0.140. The highest BCUT2D eigenvalue weighted by Crippen LogP contribution is 2.58. The van der Waals surface area contributed by atoms with Gasteiger partial charge in [0.15, 0.2) is 0 Å². The minimum Gasteiger partial charge on any atom is -0.481 e. The number of carbonyl (C=O) groups is 2. The van der Waals surface area contributed by atoms with Gasteiger partial charge in [-0.2, -0.15) is 5.10 Å². The van der Waals surface area contributed by atoms with Crippen LogP contribution < -0.4 is 5.32 Å². The number of hydrogen-bond donors (Lipinski definition) is 2. The number of rotatable bonds is 6. The van der Waals surface area contributed by atoms with Crippen LogP contribution in [0.2, 0.25) is 0 Å². The topological polar surface area (TPSA) is 84.2 Å². The van der Waals surface area contributed by atoms with Crippen LogP contribution >= 0.6 is 0 Å². The second-order valence-corrected chi connectivity index (χ2v) is 6.85. The molecule has 126 valence electrons. The third kappa shape index (κ3) is 3.18. The molecule has 0 spiro atoms. The van der Waals surface area contributed by atoms with Crippen molar-refractivity contribution in [1.29, 1.82) is 0 Å². The summed E-state index contributed by atoms with van der Waals surface area (Å²) < 4.78 is 1.85. The third-order valence-electron chi connectivity index (χ3n) is 4.77. The highest BCUT2D eigenvalue weighted by atomic mass is 16.4. The van der Waals surface area contributed by atoms with Gasteiger partial charge in [0.2, 0.25) is 5.91 Å². The molecule has 2 aromatic rings. The van der Waals surface area contributed by atoms with Crippen molar-refractivity contribution in [2.75, 3.05) is 0 Å². The van der Waals surface area contributed by atoms with E-state index < -0.39 is 23.2 Å². The van der Waals surface area contributed by atoms with Crippen molar-refractivity contribution in [1.82, 2.24) is 15.1 Å². The first-order valence-corrected chi connectivity index (χ1v) is 7.95. The number of aromatic nitrogens is 2. The molecule has 1 aliphatic rings. The van der Waals surface area contributed by atoms with E-state index in [0.717, 1.165) is 11.1 Å². The van der Waals surface area contributed by atoms with E-state index in [2.05, 4.69) is 10.4 Å². The Balaban J connectivity index is 1.54. The Labute approximate surface area is 140 Å². The first kappa shape index (κ1) is 16.2. The van der Waals surface area contributed by atoms with E-state index in [4.69, 9.17) is 5.11 Å². The van der Waals surface area contributed by atoms with Crippen LogP contribution in [-0.4, -0.2) is 26.8 Å². The Bertz CT molecular complexity index is 735. The maximum absolute atomic E-state index is 12.2. The first-order chi connectivity index (χ1) is 11.4. The molecule has 1 aromatic heterocycles. The number of carboxylic acids is 1. The van der Waals surface area contributed by atoms with E-state index in [1.807, 2.05) is 55.1 Å². The first-order valence-electron chi connectivity index (χ1n) is 7.95. The van der Waals surface area contributed by atoms with E-state index >= 15 is 0 Å². The van der Waals surface area contributed by atoms with Crippen LogP contribution in [0.25, 0.3) is 0 Å². The van der Waals surface area contributed by atoms with Gasteiger partial charge in [-0.1, -0.05) is 38.1 Å². The molecule has 1 amide bonds. The summed E-state index contributed by atoms with van der Waals surface area (Å²) >= 11 is 0. The molecule has 1 saturated carbocycles. The molecule has 3 rings (SSSR count). The molecular formula is C18H21N3O3. The SMILES string of the molecule is CC1(C)[C@H](C(=O)O)[C@@H]1C(=O)NCc1ccc(Cn2cccn2)cc1. The molecule has 0 saturated heterocycles. The lowest BCUT2D eigenvalue weighted by Gasteiger charge is -2.07. The summed E-state index contributed by atoms with van der Waals surface area (Å²) in [6.45, 7) is 4.75. The van der Waals surface area contributed by atoms with Crippen LogP contribution in [-0.2, 0) is 22.7 Å². The standard InChI is InChI=1S/C18H21N3O3/c1-18(2)14(15(18)17(23)24)16(22)19-10-12-4-6-13(7-5-12)11-21-9-3-8-20-21/h3-9,14-15H,10-11H2,1-2H3,(H,19,22)(H,23,24)/t14-,15+/m1/s1. The summed E-state index contributed by atoms with van der Waals surface area (Å²) in [4.78, 5) is 23.3. The Kier molecular flexibility index (Phi) is 4.13. The average molecular weight is 327 g/mol. The monoisotopic (exact) mass is 327 g/mol. The molecule has 2 N–H and O–H groups in total. The lowest BCUT2D eigenvalue weighted by Crippen LogP contribution is -2.26. The van der Waals surface area contributed by atoms with Gasteiger partial charge in [0, 0.05) is 18.9 Å². The van der Waals surface area contributed by atoms with Crippen LogP contribution in [0.3, 0.4) is 0 Å². The molecule has 2 atom stereocenters. The lowest BCUT2D eigenvalue weighted by atomic mass is 10.1. The molecule has 6 heteroatoms. The number of nitrogens with zero attached hydrogens (tertiary/aromatic N) is 2. The molecular weight excluding hydrogens is 306 g/mol. The predicted octanol–water partition coefficient (Wildman–Crippen LogP) is 1.90. The molecule has 0 radical (unpaired) electrons. The fourth-order valence-corrected chi connectivity index (χ4v) is 3.23. The largest absolute Gasteiger partial charge is 0.481 e. The summed E-state index contributed by atoms with van der Waals surface area (Å²) in [5.74, 6) is -2.13. The molecule has 1 fully saturated rings. The maximum Gasteiger partial charge on any atom is 0.307 e. The smallest absolute Gasteiger partial charge is 0.307 e. The molecule has 0 bridgehead atoms. The minimum atomic E-state index is -0.900. The van der Waals surface area contributed by atoms with Gasteiger partial charge >= 0.3 is 5.97 Å². The average Bonchev–Trinajstić information content (AvgIpc) is 2.86. The van der Waals surface area contributed by atoms with E-state index in [1.54, 1.807) is 6.20 Å². The van der Waals surface area contributed by atoms with E-state index in [1.165, 1.54) is 0 Å². The van der Waals surface area contributed by atoms with Gasteiger partial charge in [0.25, 0.3) is 0 Å². The van der Waals surface area contributed by atoms with Gasteiger partial charge in [-0.3, -0.25) is 14.3 Å².